The van der Waals surface area contributed by atoms with Gasteiger partial charge in [0.05, 0.1) is 6.54 Å². The number of methoxy groups -OCH3 is 1. The van der Waals surface area contributed by atoms with Crippen molar-refractivity contribution in [2.24, 2.45) is 0 Å². The molecule has 5 heteroatoms. The van der Waals surface area contributed by atoms with Crippen molar-refractivity contribution in [1.82, 2.24) is 10.6 Å². The highest BCUT2D eigenvalue weighted by molar-refractivity contribution is 5.78. The number of rotatable bonds is 10. The molecule has 1 atom stereocenters. The molecule has 0 aliphatic carbocycles. The smallest absolute Gasteiger partial charge is 0.233 e. The molecular formula is C12H26N2O3. The highest BCUT2D eigenvalue weighted by Gasteiger charge is 2.21. The molecule has 0 saturated carbocycles. The number of ether oxygens (including phenoxy) is 1. The highest BCUT2D eigenvalue weighted by atomic mass is 16.5. The van der Waals surface area contributed by atoms with Gasteiger partial charge in [-0.2, -0.15) is 0 Å². The van der Waals surface area contributed by atoms with Gasteiger partial charge in [0, 0.05) is 32.4 Å². The molecule has 0 aromatic rings. The molecule has 0 fully saturated rings. The lowest BCUT2D eigenvalue weighted by Gasteiger charge is -2.28. The van der Waals surface area contributed by atoms with E-state index in [0.717, 1.165) is 12.8 Å². The van der Waals surface area contributed by atoms with E-state index in [1.165, 1.54) is 0 Å². The Morgan fingerprint density at radius 2 is 2.18 bits per heavy atom. The fourth-order valence-electron chi connectivity index (χ4n) is 1.44. The van der Waals surface area contributed by atoms with Gasteiger partial charge in [-0.25, -0.2) is 0 Å². The summed E-state index contributed by atoms with van der Waals surface area (Å²) in [6.07, 6.45) is 2.36. The fourth-order valence-corrected chi connectivity index (χ4v) is 1.44. The molecule has 0 spiro atoms. The first kappa shape index (κ1) is 16.4. The van der Waals surface area contributed by atoms with Crippen molar-refractivity contribution in [3.63, 3.8) is 0 Å². The van der Waals surface area contributed by atoms with E-state index < -0.39 is 0 Å². The number of carbonyl (C=O) groups excluding carboxylic acids is 1. The number of carbonyl (C=O) groups is 1. The molecular weight excluding hydrogens is 220 g/mol. The zero-order valence-corrected chi connectivity index (χ0v) is 11.2. The van der Waals surface area contributed by atoms with Gasteiger partial charge >= 0.3 is 0 Å². The van der Waals surface area contributed by atoms with Crippen molar-refractivity contribution >= 4 is 5.91 Å². The van der Waals surface area contributed by atoms with Gasteiger partial charge in [-0.1, -0.05) is 6.92 Å². The molecule has 0 aromatic heterocycles. The standard InChI is InChI=1S/C12H26N2O3/c1-4-12(2,6-8-15)14-10-11(16)13-7-5-9-17-3/h14-15H,4-10H2,1-3H3,(H,13,16). The number of hydrogen-bond donors (Lipinski definition) is 3. The van der Waals surface area contributed by atoms with E-state index in [9.17, 15) is 4.79 Å². The first-order valence-corrected chi connectivity index (χ1v) is 6.19. The zero-order valence-electron chi connectivity index (χ0n) is 11.2. The van der Waals surface area contributed by atoms with E-state index >= 15 is 0 Å². The molecule has 3 N–H and O–H groups in total. The summed E-state index contributed by atoms with van der Waals surface area (Å²) in [5.74, 6) is -0.0151. The summed E-state index contributed by atoms with van der Waals surface area (Å²) in [6, 6.07) is 0. The van der Waals surface area contributed by atoms with Crippen molar-refractivity contribution in [2.45, 2.75) is 38.6 Å². The Morgan fingerprint density at radius 3 is 2.71 bits per heavy atom. The molecule has 0 aliphatic heterocycles. The Bertz CT molecular complexity index is 212. The Hall–Kier alpha value is -0.650. The van der Waals surface area contributed by atoms with Crippen molar-refractivity contribution in [3.05, 3.63) is 0 Å². The van der Waals surface area contributed by atoms with Crippen LogP contribution in [0.4, 0.5) is 0 Å². The molecule has 1 unspecified atom stereocenters. The first-order chi connectivity index (χ1) is 8.08. The van der Waals surface area contributed by atoms with Crippen LogP contribution in [-0.2, 0) is 9.53 Å². The summed E-state index contributed by atoms with van der Waals surface area (Å²) in [5.41, 5.74) is -0.168. The average Bonchev–Trinajstić information content (AvgIpc) is 2.32. The Labute approximate surface area is 104 Å². The number of aliphatic hydroxyl groups is 1. The lowest BCUT2D eigenvalue weighted by molar-refractivity contribution is -0.120. The predicted octanol–water partition coefficient (Wildman–Crippen LogP) is 0.280. The third-order valence-electron chi connectivity index (χ3n) is 2.97. The van der Waals surface area contributed by atoms with Crippen molar-refractivity contribution in [3.8, 4) is 0 Å². The highest BCUT2D eigenvalue weighted by Crippen LogP contribution is 2.12. The summed E-state index contributed by atoms with van der Waals surface area (Å²) in [5, 5.41) is 14.9. The lowest BCUT2D eigenvalue weighted by Crippen LogP contribution is -2.47. The van der Waals surface area contributed by atoms with Crippen LogP contribution in [0, 0.1) is 0 Å². The summed E-state index contributed by atoms with van der Waals surface area (Å²) in [6.45, 7) is 5.77. The van der Waals surface area contributed by atoms with Crippen LogP contribution >= 0.6 is 0 Å². The number of amides is 1. The lowest BCUT2D eigenvalue weighted by atomic mass is 9.95. The van der Waals surface area contributed by atoms with E-state index in [0.29, 0.717) is 19.6 Å². The van der Waals surface area contributed by atoms with E-state index in [-0.39, 0.29) is 24.6 Å². The van der Waals surface area contributed by atoms with Crippen molar-refractivity contribution in [2.75, 3.05) is 33.4 Å². The summed E-state index contributed by atoms with van der Waals surface area (Å²) in [7, 11) is 1.64. The van der Waals surface area contributed by atoms with E-state index in [2.05, 4.69) is 10.6 Å². The molecule has 0 aromatic carbocycles. The normalized spacial score (nSPS) is 14.4. The van der Waals surface area contributed by atoms with Crippen LogP contribution < -0.4 is 10.6 Å². The first-order valence-electron chi connectivity index (χ1n) is 6.19. The second-order valence-electron chi connectivity index (χ2n) is 4.44. The van der Waals surface area contributed by atoms with E-state index in [1.807, 2.05) is 13.8 Å². The summed E-state index contributed by atoms with van der Waals surface area (Å²) >= 11 is 0. The predicted molar refractivity (Wildman–Crippen MR) is 67.9 cm³/mol. The monoisotopic (exact) mass is 246 g/mol. The molecule has 0 rings (SSSR count). The zero-order chi connectivity index (χ0) is 13.1. The Kier molecular flexibility index (Phi) is 9.03. The SMILES string of the molecule is CCC(C)(CCO)NCC(=O)NCCCOC. The van der Waals surface area contributed by atoms with Gasteiger partial charge in [-0.3, -0.25) is 4.79 Å². The van der Waals surface area contributed by atoms with Gasteiger partial charge in [0.15, 0.2) is 0 Å². The van der Waals surface area contributed by atoms with E-state index in [1.54, 1.807) is 7.11 Å². The quantitative estimate of drug-likeness (QED) is 0.484. The van der Waals surface area contributed by atoms with Crippen molar-refractivity contribution in [1.29, 1.82) is 0 Å². The largest absolute Gasteiger partial charge is 0.396 e. The maximum Gasteiger partial charge on any atom is 0.233 e. The summed E-state index contributed by atoms with van der Waals surface area (Å²) in [4.78, 5) is 11.5. The van der Waals surface area contributed by atoms with Gasteiger partial charge in [0.2, 0.25) is 5.91 Å². The maximum atomic E-state index is 11.5. The van der Waals surface area contributed by atoms with Crippen molar-refractivity contribution < 1.29 is 14.6 Å². The third-order valence-corrected chi connectivity index (χ3v) is 2.97. The van der Waals surface area contributed by atoms with Gasteiger partial charge in [-0.15, -0.1) is 0 Å². The van der Waals surface area contributed by atoms with Crippen LogP contribution in [0.15, 0.2) is 0 Å². The van der Waals surface area contributed by atoms with Crippen LogP contribution in [-0.4, -0.2) is 50.0 Å². The second kappa shape index (κ2) is 9.39. The maximum absolute atomic E-state index is 11.5. The minimum Gasteiger partial charge on any atom is -0.396 e. The van der Waals surface area contributed by atoms with Crippen LogP contribution in [0.5, 0.6) is 0 Å². The molecule has 0 heterocycles. The third kappa shape index (κ3) is 8.12. The van der Waals surface area contributed by atoms with Crippen LogP contribution in [0.2, 0.25) is 0 Å². The molecule has 17 heavy (non-hydrogen) atoms. The van der Waals surface area contributed by atoms with Gasteiger partial charge in [0.1, 0.15) is 0 Å². The summed E-state index contributed by atoms with van der Waals surface area (Å²) < 4.78 is 4.89. The number of hydrogen-bond acceptors (Lipinski definition) is 4. The van der Waals surface area contributed by atoms with Crippen LogP contribution in [0.1, 0.15) is 33.1 Å². The van der Waals surface area contributed by atoms with Gasteiger partial charge < -0.3 is 20.5 Å². The number of nitrogens with one attached hydrogen (secondary N) is 2. The fraction of sp³-hybridized carbons (Fsp3) is 0.917. The Morgan fingerprint density at radius 1 is 1.47 bits per heavy atom. The van der Waals surface area contributed by atoms with Gasteiger partial charge in [0.25, 0.3) is 0 Å². The second-order valence-corrected chi connectivity index (χ2v) is 4.44. The molecule has 5 nitrogen and oxygen atoms in total. The molecule has 0 saturated heterocycles. The number of aliphatic hydroxyl groups excluding tert-OH is 1. The van der Waals surface area contributed by atoms with Gasteiger partial charge in [-0.05, 0) is 26.2 Å². The Balaban J connectivity index is 3.73. The minimum absolute atomic E-state index is 0.0151. The molecule has 0 aliphatic rings. The molecule has 0 radical (unpaired) electrons. The molecule has 1 amide bonds. The molecule has 102 valence electrons. The van der Waals surface area contributed by atoms with Crippen LogP contribution in [0.25, 0.3) is 0 Å². The van der Waals surface area contributed by atoms with E-state index in [4.69, 9.17) is 9.84 Å². The average molecular weight is 246 g/mol. The van der Waals surface area contributed by atoms with Crippen LogP contribution in [0.3, 0.4) is 0 Å². The molecule has 0 bridgehead atoms. The topological polar surface area (TPSA) is 70.6 Å². The minimum atomic E-state index is -0.168.